The van der Waals surface area contributed by atoms with Gasteiger partial charge >= 0.3 is 6.09 Å². The molecule has 394 valence electrons. The Morgan fingerprint density at radius 2 is 1.29 bits per heavy atom. The van der Waals surface area contributed by atoms with Gasteiger partial charge in [-0.3, -0.25) is 0 Å². The molecule has 1 aromatic carbocycles. The van der Waals surface area contributed by atoms with Crippen LogP contribution in [-0.4, -0.2) is 70.8 Å². The molecule has 2 spiro atoms. The van der Waals surface area contributed by atoms with Crippen molar-refractivity contribution in [2.45, 2.75) is 226 Å². The maximum Gasteiger partial charge on any atom is 0.410 e. The topological polar surface area (TPSA) is 80.3 Å². The van der Waals surface area contributed by atoms with Gasteiger partial charge in [-0.25, -0.2) is 4.79 Å². The summed E-state index contributed by atoms with van der Waals surface area (Å²) in [5, 5.41) is 14.1. The minimum Gasteiger partial charge on any atom is -0.445 e. The smallest absolute Gasteiger partial charge is 0.410 e. The van der Waals surface area contributed by atoms with Gasteiger partial charge in [0.05, 0.1) is 35.6 Å². The van der Waals surface area contributed by atoms with Gasteiger partial charge < -0.3 is 29.5 Å². The Morgan fingerprint density at radius 1 is 0.708 bits per heavy atom. The lowest BCUT2D eigenvalue weighted by Gasteiger charge is -2.49. The quantitative estimate of drug-likeness (QED) is 0.288. The third-order valence-electron chi connectivity index (χ3n) is 23.9. The summed E-state index contributed by atoms with van der Waals surface area (Å²) in [5.41, 5.74) is 11.9. The van der Waals surface area contributed by atoms with Gasteiger partial charge in [0.15, 0.2) is 0 Å². The van der Waals surface area contributed by atoms with Crippen LogP contribution in [0.5, 0.6) is 0 Å². The number of fused-ring (bicyclic) bond motifs is 12. The average molecular weight is 983 g/mol. The number of aliphatic hydroxyl groups is 1. The highest BCUT2D eigenvalue weighted by Gasteiger charge is 2.61. The number of nitrogens with zero attached hydrogens (tertiary/aromatic N) is 1. The lowest BCUT2D eigenvalue weighted by molar-refractivity contribution is -0.0783. The number of nitrogens with one attached hydrogen (secondary N) is 1. The van der Waals surface area contributed by atoms with Gasteiger partial charge in [-0.1, -0.05) is 124 Å². The predicted octanol–water partition coefficient (Wildman–Crippen LogP) is 14.1. The highest BCUT2D eigenvalue weighted by atomic mass is 16.6. The van der Waals surface area contributed by atoms with Crippen molar-refractivity contribution in [3.8, 4) is 0 Å². The number of allylic oxidation sites excluding steroid dienone is 5. The summed E-state index contributed by atoms with van der Waals surface area (Å²) in [4.78, 5) is 15.6. The minimum atomic E-state index is -0.175. The molecular weight excluding hydrogens is 889 g/mol. The Balaban J connectivity index is 0.000000153. The van der Waals surface area contributed by atoms with E-state index in [4.69, 9.17) is 14.2 Å². The summed E-state index contributed by atoms with van der Waals surface area (Å²) in [6.45, 7) is 24.2. The van der Waals surface area contributed by atoms with E-state index < -0.39 is 0 Å². The summed E-state index contributed by atoms with van der Waals surface area (Å²) >= 11 is 0. The number of piperidine rings is 2. The first kappa shape index (κ1) is 50.1. The number of ether oxygens (including phenoxy) is 3. The first-order chi connectivity index (χ1) is 34.5. The van der Waals surface area contributed by atoms with Crippen LogP contribution in [0.4, 0.5) is 4.79 Å². The molecule has 20 atom stereocenters. The van der Waals surface area contributed by atoms with Gasteiger partial charge in [0, 0.05) is 24.4 Å². The van der Waals surface area contributed by atoms with Crippen molar-refractivity contribution in [2.24, 2.45) is 75.9 Å². The normalized spacial score (nSPS) is 48.1. The molecule has 2 N–H and O–H groups in total. The van der Waals surface area contributed by atoms with E-state index in [1.54, 1.807) is 33.4 Å². The van der Waals surface area contributed by atoms with Crippen molar-refractivity contribution in [1.82, 2.24) is 10.2 Å². The second kappa shape index (κ2) is 18.8. The SMILES string of the molecule is CC1=C2C[C@H]3[C@@H](CC=C4C[C@@H](C)CC[C@@]43C)[C@@H]2CC[C@@]2(C1)O[C@@H]1C[C@H](C)CN(C(=O)OCc3ccccc3)[C@H]1[C@H]2C.CC1=C2C[C@H]3[C@@H](CC=C4C[C@@H](O)CC[C@@]43C)[C@@H]2CC[C@@]2(C1)O[C@@H]1C[C@H](C)CN[C@H]1[C@H]2C. The van der Waals surface area contributed by atoms with Crippen molar-refractivity contribution in [3.63, 3.8) is 0 Å². The number of carbonyl (C=O) groups is 1. The largest absolute Gasteiger partial charge is 0.445 e. The maximum absolute atomic E-state index is 13.5. The number of rotatable bonds is 2. The molecule has 1 aromatic rings. The molecule has 0 bridgehead atoms. The van der Waals surface area contributed by atoms with Crippen LogP contribution in [-0.2, 0) is 20.8 Å². The van der Waals surface area contributed by atoms with Gasteiger partial charge in [-0.15, -0.1) is 0 Å². The molecule has 0 unspecified atom stereocenters. The van der Waals surface area contributed by atoms with Gasteiger partial charge in [-0.05, 0) is 206 Å². The zero-order chi connectivity index (χ0) is 50.1. The monoisotopic (exact) mass is 983 g/mol. The molecule has 0 aromatic heterocycles. The van der Waals surface area contributed by atoms with Crippen LogP contribution in [0.3, 0.4) is 0 Å². The molecule has 7 nitrogen and oxygen atoms in total. The molecule has 4 saturated heterocycles. The first-order valence-electron chi connectivity index (χ1n) is 30.0. The predicted molar refractivity (Wildman–Crippen MR) is 288 cm³/mol. The molecule has 8 fully saturated rings. The maximum atomic E-state index is 13.5. The fourth-order valence-corrected chi connectivity index (χ4v) is 19.9. The molecule has 4 saturated carbocycles. The Bertz CT molecular complexity index is 2370. The Morgan fingerprint density at radius 3 is 1.94 bits per heavy atom. The third-order valence-corrected chi connectivity index (χ3v) is 23.9. The average Bonchev–Trinajstić information content (AvgIpc) is 4.03. The third kappa shape index (κ3) is 8.25. The van der Waals surface area contributed by atoms with E-state index in [0.29, 0.717) is 53.3 Å². The summed E-state index contributed by atoms with van der Waals surface area (Å²) in [5.74, 6) is 7.56. The number of likely N-dealkylation sites (tertiary alicyclic amines) is 1. The molecule has 8 aliphatic carbocycles. The fourth-order valence-electron chi connectivity index (χ4n) is 19.9. The summed E-state index contributed by atoms with van der Waals surface area (Å²) in [6.07, 6.45) is 27.1. The fraction of sp³-hybridized carbons (Fsp3) is 0.769. The molecule has 72 heavy (non-hydrogen) atoms. The van der Waals surface area contributed by atoms with Crippen LogP contribution in [0.25, 0.3) is 0 Å². The number of hydrogen-bond acceptors (Lipinski definition) is 6. The summed E-state index contributed by atoms with van der Waals surface area (Å²) < 4.78 is 20.1. The van der Waals surface area contributed by atoms with E-state index in [2.05, 4.69) is 79.8 Å². The van der Waals surface area contributed by atoms with Crippen molar-refractivity contribution in [2.75, 3.05) is 13.1 Å². The molecule has 7 heteroatoms. The lowest BCUT2D eigenvalue weighted by atomic mass is 9.56. The number of aliphatic hydroxyl groups excluding tert-OH is 1. The highest BCUT2D eigenvalue weighted by Crippen LogP contribution is 2.66. The van der Waals surface area contributed by atoms with Gasteiger partial charge in [-0.2, -0.15) is 0 Å². The van der Waals surface area contributed by atoms with Crippen molar-refractivity contribution >= 4 is 6.09 Å². The highest BCUT2D eigenvalue weighted by molar-refractivity contribution is 5.68. The molecule has 1 amide bonds. The van der Waals surface area contributed by atoms with Crippen molar-refractivity contribution in [1.29, 1.82) is 0 Å². The molecule has 4 aliphatic heterocycles. The lowest BCUT2D eigenvalue weighted by Crippen LogP contribution is -2.54. The Hall–Kier alpha value is -2.71. The van der Waals surface area contributed by atoms with Crippen LogP contribution in [0.15, 0.2) is 75.9 Å². The zero-order valence-corrected chi connectivity index (χ0v) is 46.2. The number of hydrogen-bond donors (Lipinski definition) is 2. The van der Waals surface area contributed by atoms with Gasteiger partial charge in [0.2, 0.25) is 0 Å². The summed E-state index contributed by atoms with van der Waals surface area (Å²) in [7, 11) is 0. The van der Waals surface area contributed by atoms with E-state index >= 15 is 0 Å². The Labute approximate surface area is 435 Å². The van der Waals surface area contributed by atoms with Gasteiger partial charge in [0.25, 0.3) is 0 Å². The molecular formula is C65H94N2O5. The van der Waals surface area contributed by atoms with Crippen LogP contribution >= 0.6 is 0 Å². The van der Waals surface area contributed by atoms with Crippen molar-refractivity contribution in [3.05, 3.63) is 81.5 Å². The second-order valence-electron chi connectivity index (χ2n) is 28.0. The second-order valence-corrected chi connectivity index (χ2v) is 28.0. The molecule has 13 rings (SSSR count). The van der Waals surface area contributed by atoms with Crippen LogP contribution < -0.4 is 5.32 Å². The zero-order valence-electron chi connectivity index (χ0n) is 46.2. The minimum absolute atomic E-state index is 0.0534. The number of carbonyl (C=O) groups excluding carboxylic acids is 1. The number of benzene rings is 1. The van der Waals surface area contributed by atoms with Crippen molar-refractivity contribution < 1.29 is 24.1 Å². The van der Waals surface area contributed by atoms with Crippen LogP contribution in [0.2, 0.25) is 0 Å². The number of amides is 1. The standard InChI is InChI=1S/C37H51NO3.C28H43NO2/c1-23-13-15-36(5)28(17-23)11-12-30-29-14-16-37(20-25(3)31(29)19-32(30)36)26(4)34-33(41-37)18-24(2)21-38(34)35(39)40-22-27-9-7-6-8-10-27;1-16-11-25-26(29-15-16)18(3)28(31-25)10-8-21-22-6-5-19-12-20(30)7-9-27(19,4)24(22)13-23(21)17(2)14-28/h6-11,23-24,26,29-30,32-34H,12-22H2,1-5H3;5,16,18,20-22,24-26,29-30H,6-15H2,1-4H3/t23-,24-,26+,29-,30-,32-,33+,34-,36-,37-;16-,18+,20-,21-,22-,24-,25+,26-,27-,28-/m00/s1. The Kier molecular flexibility index (Phi) is 13.1. The van der Waals surface area contributed by atoms with Gasteiger partial charge in [0.1, 0.15) is 6.61 Å². The van der Waals surface area contributed by atoms with E-state index in [0.717, 1.165) is 98.6 Å². The molecule has 12 aliphatic rings. The van der Waals surface area contributed by atoms with Crippen LogP contribution in [0.1, 0.15) is 183 Å². The van der Waals surface area contributed by atoms with E-state index in [-0.39, 0.29) is 35.5 Å². The summed E-state index contributed by atoms with van der Waals surface area (Å²) in [6, 6.07) is 10.7. The van der Waals surface area contributed by atoms with E-state index in [9.17, 15) is 9.90 Å². The molecule has 0 radical (unpaired) electrons. The molecule has 4 heterocycles. The van der Waals surface area contributed by atoms with E-state index in [1.807, 2.05) is 35.2 Å². The first-order valence-corrected chi connectivity index (χ1v) is 30.0. The van der Waals surface area contributed by atoms with E-state index in [1.165, 1.54) is 77.0 Å². The van der Waals surface area contributed by atoms with Crippen LogP contribution in [0, 0.1) is 75.9 Å².